The van der Waals surface area contributed by atoms with E-state index in [0.29, 0.717) is 28.4 Å². The maximum Gasteiger partial charge on any atom is 0.345 e. The zero-order valence-corrected chi connectivity index (χ0v) is 19.8. The molecule has 2 aliphatic heterocycles. The van der Waals surface area contributed by atoms with E-state index in [4.69, 9.17) is 28.7 Å². The highest BCUT2D eigenvalue weighted by molar-refractivity contribution is 5.97. The van der Waals surface area contributed by atoms with Gasteiger partial charge in [0.2, 0.25) is 0 Å². The topological polar surface area (TPSA) is 92.7 Å². The molecule has 0 aromatic heterocycles. The minimum atomic E-state index is -2.00. The summed E-state index contributed by atoms with van der Waals surface area (Å²) >= 11 is 0. The van der Waals surface area contributed by atoms with Gasteiger partial charge in [-0.15, -0.1) is 0 Å². The van der Waals surface area contributed by atoms with Gasteiger partial charge in [0.1, 0.15) is 17.9 Å². The van der Waals surface area contributed by atoms with Gasteiger partial charge in [-0.3, -0.25) is 0 Å². The predicted molar refractivity (Wildman–Crippen MR) is 122 cm³/mol. The van der Waals surface area contributed by atoms with Gasteiger partial charge in [0.25, 0.3) is 5.79 Å². The quantitative estimate of drug-likeness (QED) is 0.461. The number of aliphatic hydroxyl groups is 1. The lowest BCUT2D eigenvalue weighted by molar-refractivity contribution is -0.231. The van der Waals surface area contributed by atoms with Crippen LogP contribution in [0.15, 0.2) is 59.4 Å². The molecule has 180 valence electrons. The van der Waals surface area contributed by atoms with Crippen LogP contribution in [0.3, 0.4) is 0 Å². The minimum absolute atomic E-state index is 0.0234. The molecule has 0 bridgehead atoms. The zero-order chi connectivity index (χ0) is 24.5. The predicted octanol–water partition coefficient (Wildman–Crippen LogP) is 3.89. The first-order valence-electron chi connectivity index (χ1n) is 10.9. The summed E-state index contributed by atoms with van der Waals surface area (Å²) in [6.45, 7) is 5.90. The largest absolute Gasteiger partial charge is 0.496 e. The molecular formula is C26H28O8. The van der Waals surface area contributed by atoms with Gasteiger partial charge < -0.3 is 28.9 Å². The van der Waals surface area contributed by atoms with Crippen molar-refractivity contribution in [3.05, 3.63) is 76.1 Å². The van der Waals surface area contributed by atoms with Crippen LogP contribution < -0.4 is 14.2 Å². The van der Waals surface area contributed by atoms with E-state index < -0.39 is 11.8 Å². The Balaban J connectivity index is 1.81. The number of hydrogen-bond acceptors (Lipinski definition) is 8. The van der Waals surface area contributed by atoms with Crippen LogP contribution >= 0.6 is 0 Å². The van der Waals surface area contributed by atoms with Gasteiger partial charge in [0, 0.05) is 17.6 Å². The second kappa shape index (κ2) is 9.40. The summed E-state index contributed by atoms with van der Waals surface area (Å²) in [7, 11) is 3.13. The molecule has 0 amide bonds. The highest BCUT2D eigenvalue weighted by atomic mass is 17.2. The molecule has 0 saturated carbocycles. The van der Waals surface area contributed by atoms with Crippen molar-refractivity contribution in [2.24, 2.45) is 0 Å². The zero-order valence-electron chi connectivity index (χ0n) is 19.8. The van der Waals surface area contributed by atoms with E-state index in [-0.39, 0.29) is 30.5 Å². The number of aryl methyl sites for hydroxylation is 1. The summed E-state index contributed by atoms with van der Waals surface area (Å²) in [5, 5.41) is 11.8. The third-order valence-corrected chi connectivity index (χ3v) is 5.64. The second-order valence-corrected chi connectivity index (χ2v) is 8.34. The highest BCUT2D eigenvalue weighted by Crippen LogP contribution is 2.45. The van der Waals surface area contributed by atoms with E-state index in [1.165, 1.54) is 0 Å². The smallest absolute Gasteiger partial charge is 0.345 e. The van der Waals surface area contributed by atoms with Gasteiger partial charge in [-0.05, 0) is 68.3 Å². The number of hydrogen-bond donors (Lipinski definition) is 1. The fourth-order valence-electron chi connectivity index (χ4n) is 4.08. The monoisotopic (exact) mass is 468 g/mol. The molecule has 2 aromatic rings. The summed E-state index contributed by atoms with van der Waals surface area (Å²) < 4.78 is 22.2. The van der Waals surface area contributed by atoms with Gasteiger partial charge in [0.15, 0.2) is 17.3 Å². The number of methoxy groups -OCH3 is 2. The van der Waals surface area contributed by atoms with E-state index in [2.05, 4.69) is 0 Å². The summed E-state index contributed by atoms with van der Waals surface area (Å²) in [6, 6.07) is 10.6. The van der Waals surface area contributed by atoms with Crippen LogP contribution in [-0.2, 0) is 31.5 Å². The molecule has 4 rings (SSSR count). The number of cyclic esters (lactones) is 1. The third kappa shape index (κ3) is 4.34. The van der Waals surface area contributed by atoms with Gasteiger partial charge >= 0.3 is 5.97 Å². The first-order chi connectivity index (χ1) is 16.3. The Morgan fingerprint density at radius 3 is 2.41 bits per heavy atom. The number of carbonyl (C=O) groups is 1. The molecule has 2 heterocycles. The summed E-state index contributed by atoms with van der Waals surface area (Å²) in [6.07, 6.45) is 1.79. The van der Waals surface area contributed by atoms with Crippen molar-refractivity contribution in [3.63, 3.8) is 0 Å². The summed E-state index contributed by atoms with van der Waals surface area (Å²) in [5.41, 5.74) is 2.43. The first-order valence-corrected chi connectivity index (χ1v) is 10.9. The fraction of sp³-hybridized carbons (Fsp3) is 0.346. The Morgan fingerprint density at radius 1 is 1.06 bits per heavy atom. The third-order valence-electron chi connectivity index (χ3n) is 5.64. The van der Waals surface area contributed by atoms with Crippen LogP contribution in [0, 0.1) is 6.92 Å². The van der Waals surface area contributed by atoms with Gasteiger partial charge in [-0.1, -0.05) is 6.07 Å². The van der Waals surface area contributed by atoms with Gasteiger partial charge in [-0.25, -0.2) is 4.79 Å². The first kappa shape index (κ1) is 23.7. The van der Waals surface area contributed by atoms with Crippen molar-refractivity contribution in [3.8, 4) is 17.2 Å². The minimum Gasteiger partial charge on any atom is -0.496 e. The van der Waals surface area contributed by atoms with E-state index in [1.54, 1.807) is 44.6 Å². The molecule has 0 aliphatic carbocycles. The number of carbonyl (C=O) groups excluding carboxylic acids is 1. The number of esters is 1. The Morgan fingerprint density at radius 2 is 1.79 bits per heavy atom. The number of ether oxygens (including phenoxy) is 4. The summed E-state index contributed by atoms with van der Waals surface area (Å²) in [5.74, 6) is -0.686. The lowest BCUT2D eigenvalue weighted by Gasteiger charge is -2.26. The van der Waals surface area contributed by atoms with Crippen molar-refractivity contribution in [2.75, 3.05) is 20.8 Å². The molecule has 1 atom stereocenters. The van der Waals surface area contributed by atoms with Crippen LogP contribution in [0.2, 0.25) is 0 Å². The van der Waals surface area contributed by atoms with Crippen LogP contribution in [-0.4, -0.2) is 38.0 Å². The second-order valence-electron chi connectivity index (χ2n) is 8.34. The normalized spacial score (nSPS) is 19.7. The van der Waals surface area contributed by atoms with E-state index in [0.717, 1.165) is 11.1 Å². The Kier molecular flexibility index (Phi) is 6.54. The number of rotatable bonds is 8. The standard InChI is InChI=1S/C26H28O8/c1-15(2)32-21-8-6-17(14-23(21)30-5)13-19-24(22-10-11-31-34-22)25(27)33-26(19,28)18-7-9-20(29-4)16(3)12-18/h6-10,12,14-15,28H,11,13H2,1-5H3. The Labute approximate surface area is 198 Å². The molecular weight excluding hydrogens is 440 g/mol. The molecule has 34 heavy (non-hydrogen) atoms. The van der Waals surface area contributed by atoms with E-state index in [1.807, 2.05) is 32.9 Å². The Hall–Kier alpha value is -3.49. The van der Waals surface area contributed by atoms with Gasteiger partial charge in [-0.2, -0.15) is 4.89 Å². The van der Waals surface area contributed by atoms with Gasteiger partial charge in [0.05, 0.1) is 20.3 Å². The van der Waals surface area contributed by atoms with E-state index >= 15 is 0 Å². The number of benzene rings is 2. The average Bonchev–Trinajstić information content (AvgIpc) is 3.41. The van der Waals surface area contributed by atoms with Crippen LogP contribution in [0.1, 0.15) is 30.5 Å². The molecule has 0 radical (unpaired) electrons. The molecule has 0 saturated heterocycles. The van der Waals surface area contributed by atoms with Crippen molar-refractivity contribution in [1.82, 2.24) is 0 Å². The molecule has 0 spiro atoms. The van der Waals surface area contributed by atoms with Crippen molar-refractivity contribution < 1.29 is 38.6 Å². The summed E-state index contributed by atoms with van der Waals surface area (Å²) in [4.78, 5) is 23.1. The highest BCUT2D eigenvalue weighted by Gasteiger charge is 2.50. The molecule has 2 aromatic carbocycles. The van der Waals surface area contributed by atoms with E-state index in [9.17, 15) is 9.90 Å². The van der Waals surface area contributed by atoms with Crippen molar-refractivity contribution in [2.45, 2.75) is 39.1 Å². The molecule has 1 unspecified atom stereocenters. The Bertz CT molecular complexity index is 1160. The molecule has 8 nitrogen and oxygen atoms in total. The van der Waals surface area contributed by atoms with Crippen molar-refractivity contribution >= 4 is 5.97 Å². The molecule has 2 aliphatic rings. The molecule has 8 heteroatoms. The maximum absolute atomic E-state index is 13.0. The SMILES string of the molecule is COc1ccc(C2(O)OC(=O)C(C3=CCOO3)=C2Cc2ccc(OC(C)C)c(OC)c2)cc1C. The molecule has 1 N–H and O–H groups in total. The lowest BCUT2D eigenvalue weighted by atomic mass is 9.89. The maximum atomic E-state index is 13.0. The lowest BCUT2D eigenvalue weighted by Crippen LogP contribution is -2.30. The van der Waals surface area contributed by atoms with Crippen LogP contribution in [0.25, 0.3) is 0 Å². The van der Waals surface area contributed by atoms with Crippen LogP contribution in [0.4, 0.5) is 0 Å². The van der Waals surface area contributed by atoms with Crippen LogP contribution in [0.5, 0.6) is 17.2 Å². The fourth-order valence-corrected chi connectivity index (χ4v) is 4.08. The average molecular weight is 469 g/mol. The van der Waals surface area contributed by atoms with Crippen molar-refractivity contribution in [1.29, 1.82) is 0 Å². The molecule has 0 fully saturated rings.